The smallest absolute Gasteiger partial charge is 0.137 e. The van der Waals surface area contributed by atoms with Crippen molar-refractivity contribution in [1.82, 2.24) is 4.98 Å². The molecule has 0 saturated carbocycles. The van der Waals surface area contributed by atoms with Crippen molar-refractivity contribution in [3.8, 4) is 0 Å². The fourth-order valence-corrected chi connectivity index (χ4v) is 3.79. The molecule has 1 heterocycles. The van der Waals surface area contributed by atoms with Crippen LogP contribution in [0, 0.1) is 6.92 Å². The van der Waals surface area contributed by atoms with E-state index in [-0.39, 0.29) is 5.91 Å². The summed E-state index contributed by atoms with van der Waals surface area (Å²) in [4.78, 5) is 4.58. The van der Waals surface area contributed by atoms with Gasteiger partial charge in [-0.2, -0.15) is 0 Å². The van der Waals surface area contributed by atoms with Gasteiger partial charge in [-0.15, -0.1) is 0 Å². The number of fused-ring (bicyclic) bond motifs is 1. The Hall–Kier alpha value is -0.713. The molecule has 0 fully saturated rings. The molecule has 0 amide bonds. The first kappa shape index (κ1) is 12.7. The first-order valence-corrected chi connectivity index (χ1v) is 7.17. The molecule has 0 bridgehead atoms. The molecular formula is C13H19NO2Si. The van der Waals surface area contributed by atoms with E-state index in [9.17, 15) is 0 Å². The van der Waals surface area contributed by atoms with Crippen LogP contribution in [0.2, 0.25) is 0 Å². The Morgan fingerprint density at radius 2 is 2.18 bits per heavy atom. The molecule has 1 aromatic heterocycles. The monoisotopic (exact) mass is 249 g/mol. The van der Waals surface area contributed by atoms with Gasteiger partial charge in [-0.25, -0.2) is 0 Å². The predicted molar refractivity (Wildman–Crippen MR) is 68.2 cm³/mol. The van der Waals surface area contributed by atoms with E-state index in [0.29, 0.717) is 15.1 Å². The molecule has 0 aromatic carbocycles. The molecule has 1 aromatic rings. The Labute approximate surface area is 105 Å². The SMILES string of the molecule is COC(OC)[Si]C1CCCc2c(C)ccnc21. The van der Waals surface area contributed by atoms with Crippen molar-refractivity contribution >= 4 is 9.52 Å². The van der Waals surface area contributed by atoms with Crippen LogP contribution in [-0.2, 0) is 15.9 Å². The van der Waals surface area contributed by atoms with E-state index in [1.165, 1.54) is 36.1 Å². The van der Waals surface area contributed by atoms with Crippen molar-refractivity contribution in [1.29, 1.82) is 0 Å². The second-order valence-electron chi connectivity index (χ2n) is 4.41. The van der Waals surface area contributed by atoms with E-state index < -0.39 is 0 Å². The van der Waals surface area contributed by atoms with Crippen LogP contribution in [0.15, 0.2) is 12.3 Å². The largest absolute Gasteiger partial charge is 0.360 e. The van der Waals surface area contributed by atoms with E-state index in [2.05, 4.69) is 18.0 Å². The van der Waals surface area contributed by atoms with Crippen LogP contribution in [0.25, 0.3) is 0 Å². The van der Waals surface area contributed by atoms with Crippen LogP contribution >= 0.6 is 0 Å². The third-order valence-electron chi connectivity index (χ3n) is 3.34. The molecule has 2 radical (unpaired) electrons. The van der Waals surface area contributed by atoms with Gasteiger partial charge in [0, 0.05) is 26.1 Å². The van der Waals surface area contributed by atoms with Gasteiger partial charge in [0.25, 0.3) is 0 Å². The number of ether oxygens (including phenoxy) is 2. The molecular weight excluding hydrogens is 230 g/mol. The first-order valence-electron chi connectivity index (χ1n) is 6.02. The molecule has 0 spiro atoms. The van der Waals surface area contributed by atoms with Gasteiger partial charge in [0.15, 0.2) is 0 Å². The number of methoxy groups -OCH3 is 2. The van der Waals surface area contributed by atoms with Gasteiger partial charge in [-0.1, -0.05) is 0 Å². The summed E-state index contributed by atoms with van der Waals surface area (Å²) in [7, 11) is 4.03. The Morgan fingerprint density at radius 3 is 2.88 bits per heavy atom. The van der Waals surface area contributed by atoms with Crippen molar-refractivity contribution in [2.24, 2.45) is 0 Å². The third kappa shape index (κ3) is 2.76. The third-order valence-corrected chi connectivity index (χ3v) is 5.05. The molecule has 0 aliphatic heterocycles. The fraction of sp³-hybridized carbons (Fsp3) is 0.615. The lowest BCUT2D eigenvalue weighted by molar-refractivity contribution is -0.0449. The quantitative estimate of drug-likeness (QED) is 0.604. The van der Waals surface area contributed by atoms with E-state index in [1.54, 1.807) is 14.2 Å². The van der Waals surface area contributed by atoms with Gasteiger partial charge in [0.2, 0.25) is 0 Å². The summed E-state index contributed by atoms with van der Waals surface area (Å²) >= 11 is 0. The molecule has 0 saturated heterocycles. The fourth-order valence-electron chi connectivity index (χ4n) is 2.41. The number of rotatable bonds is 4. The zero-order chi connectivity index (χ0) is 12.3. The van der Waals surface area contributed by atoms with Crippen molar-refractivity contribution in [3.63, 3.8) is 0 Å². The van der Waals surface area contributed by atoms with E-state index >= 15 is 0 Å². The van der Waals surface area contributed by atoms with Gasteiger partial charge >= 0.3 is 0 Å². The van der Waals surface area contributed by atoms with E-state index in [0.717, 1.165) is 0 Å². The molecule has 2 rings (SSSR count). The lowest BCUT2D eigenvalue weighted by Gasteiger charge is -2.27. The molecule has 17 heavy (non-hydrogen) atoms. The maximum absolute atomic E-state index is 5.31. The van der Waals surface area contributed by atoms with Crippen LogP contribution in [-0.4, -0.2) is 34.6 Å². The average Bonchev–Trinajstić information content (AvgIpc) is 2.37. The number of hydrogen-bond donors (Lipinski definition) is 0. The highest BCUT2D eigenvalue weighted by Crippen LogP contribution is 2.31. The number of aryl methyl sites for hydroxylation is 1. The summed E-state index contributed by atoms with van der Waals surface area (Å²) in [5, 5.41) is 0. The Morgan fingerprint density at radius 1 is 1.41 bits per heavy atom. The first-order chi connectivity index (χ1) is 8.26. The minimum absolute atomic E-state index is 0.0896. The molecule has 1 unspecified atom stereocenters. The van der Waals surface area contributed by atoms with E-state index in [4.69, 9.17) is 9.47 Å². The predicted octanol–water partition coefficient (Wildman–Crippen LogP) is 2.05. The second-order valence-corrected chi connectivity index (χ2v) is 5.91. The zero-order valence-electron chi connectivity index (χ0n) is 10.7. The van der Waals surface area contributed by atoms with Crippen LogP contribution in [0.3, 0.4) is 0 Å². The Bertz CT molecular complexity index is 380. The summed E-state index contributed by atoms with van der Waals surface area (Å²) in [6.45, 7) is 2.18. The maximum Gasteiger partial charge on any atom is 0.137 e. The highest BCUT2D eigenvalue weighted by atomic mass is 28.2. The van der Waals surface area contributed by atoms with Crippen LogP contribution in [0.5, 0.6) is 0 Å². The van der Waals surface area contributed by atoms with E-state index in [1.807, 2.05) is 6.20 Å². The summed E-state index contributed by atoms with van der Waals surface area (Å²) in [6, 6.07) is 2.11. The summed E-state index contributed by atoms with van der Waals surface area (Å²) in [5.41, 5.74) is 4.59. The normalized spacial score (nSPS) is 19.4. The van der Waals surface area contributed by atoms with Crippen molar-refractivity contribution in [2.75, 3.05) is 14.2 Å². The highest BCUT2D eigenvalue weighted by Gasteiger charge is 2.26. The lowest BCUT2D eigenvalue weighted by Crippen LogP contribution is -2.30. The average molecular weight is 249 g/mol. The minimum Gasteiger partial charge on any atom is -0.360 e. The molecule has 4 heteroatoms. The number of aromatic nitrogens is 1. The molecule has 1 aliphatic rings. The summed E-state index contributed by atoms with van der Waals surface area (Å²) in [5.74, 6) is -0.0896. The molecule has 1 aliphatic carbocycles. The maximum atomic E-state index is 5.31. The molecule has 1 atom stereocenters. The van der Waals surface area contributed by atoms with Crippen LogP contribution in [0.1, 0.15) is 35.2 Å². The van der Waals surface area contributed by atoms with Crippen LogP contribution in [0.4, 0.5) is 0 Å². The number of pyridine rings is 1. The molecule has 3 nitrogen and oxygen atoms in total. The zero-order valence-corrected chi connectivity index (χ0v) is 11.7. The summed E-state index contributed by atoms with van der Waals surface area (Å²) < 4.78 is 10.6. The Balaban J connectivity index is 2.20. The van der Waals surface area contributed by atoms with Gasteiger partial charge in [-0.05, 0) is 48.9 Å². The molecule has 92 valence electrons. The van der Waals surface area contributed by atoms with Gasteiger partial charge < -0.3 is 9.47 Å². The lowest BCUT2D eigenvalue weighted by atomic mass is 9.92. The number of hydrogen-bond acceptors (Lipinski definition) is 3. The van der Waals surface area contributed by atoms with Crippen molar-refractivity contribution in [3.05, 3.63) is 29.1 Å². The van der Waals surface area contributed by atoms with Crippen molar-refractivity contribution in [2.45, 2.75) is 37.6 Å². The second kappa shape index (κ2) is 5.75. The van der Waals surface area contributed by atoms with Crippen LogP contribution < -0.4 is 0 Å². The Kier molecular flexibility index (Phi) is 4.31. The van der Waals surface area contributed by atoms with Gasteiger partial charge in [0.1, 0.15) is 15.4 Å². The standard InChI is InChI=1S/C13H19NO2Si/c1-9-7-8-14-12-10(9)5-4-6-11(12)17-13(15-2)16-3/h7-8,11,13H,4-6H2,1-3H3. The van der Waals surface area contributed by atoms with Crippen molar-refractivity contribution < 1.29 is 9.47 Å². The number of nitrogens with zero attached hydrogens (tertiary/aromatic N) is 1. The topological polar surface area (TPSA) is 31.4 Å². The minimum atomic E-state index is -0.0896. The van der Waals surface area contributed by atoms with Gasteiger partial charge in [-0.3, -0.25) is 4.98 Å². The summed E-state index contributed by atoms with van der Waals surface area (Å²) in [6.07, 6.45) is 5.54. The highest BCUT2D eigenvalue weighted by molar-refractivity contribution is 6.39. The molecule has 0 N–H and O–H groups in total. The van der Waals surface area contributed by atoms with Gasteiger partial charge in [0.05, 0.1) is 0 Å².